The number of rotatable bonds is 3. The molecule has 2 unspecified atom stereocenters. The monoisotopic (exact) mass is 287 g/mol. The van der Waals surface area contributed by atoms with Crippen LogP contribution >= 0.6 is 11.3 Å². The van der Waals surface area contributed by atoms with Gasteiger partial charge < -0.3 is 10.1 Å². The highest BCUT2D eigenvalue weighted by Gasteiger charge is 2.22. The van der Waals surface area contributed by atoms with E-state index < -0.39 is 0 Å². The van der Waals surface area contributed by atoms with Gasteiger partial charge in [-0.2, -0.15) is 0 Å². The van der Waals surface area contributed by atoms with Crippen LogP contribution in [0.1, 0.15) is 39.4 Å². The van der Waals surface area contributed by atoms with Crippen molar-refractivity contribution in [2.24, 2.45) is 0 Å². The van der Waals surface area contributed by atoms with Crippen LogP contribution in [-0.4, -0.2) is 13.2 Å². The van der Waals surface area contributed by atoms with Gasteiger partial charge >= 0.3 is 0 Å². The second-order valence-electron chi connectivity index (χ2n) is 5.61. The molecule has 2 heterocycles. The average molecular weight is 287 g/mol. The van der Waals surface area contributed by atoms with Crippen LogP contribution < -0.4 is 10.1 Å². The summed E-state index contributed by atoms with van der Waals surface area (Å²) in [5, 5.41) is 3.45. The van der Waals surface area contributed by atoms with E-state index >= 15 is 0 Å². The molecule has 1 aliphatic heterocycles. The Morgan fingerprint density at radius 2 is 2.10 bits per heavy atom. The molecule has 106 valence electrons. The summed E-state index contributed by atoms with van der Waals surface area (Å²) in [6.07, 6.45) is 1.32. The first-order valence-electron chi connectivity index (χ1n) is 7.12. The Balaban J connectivity index is 1.96. The van der Waals surface area contributed by atoms with E-state index in [1.807, 2.05) is 18.4 Å². The molecule has 2 nitrogen and oxygen atoms in total. The summed E-state index contributed by atoms with van der Waals surface area (Å²) in [7, 11) is 2.03. The van der Waals surface area contributed by atoms with Crippen molar-refractivity contribution in [2.75, 3.05) is 7.05 Å². The number of benzene rings is 1. The Kier molecular flexibility index (Phi) is 3.57. The summed E-state index contributed by atoms with van der Waals surface area (Å²) in [6.45, 7) is 6.50. The molecule has 2 aromatic rings. The second kappa shape index (κ2) is 5.23. The first-order valence-corrected chi connectivity index (χ1v) is 7.94. The number of nitrogens with one attached hydrogen (secondary N) is 1. The van der Waals surface area contributed by atoms with E-state index in [4.69, 9.17) is 4.74 Å². The largest absolute Gasteiger partial charge is 0.490 e. The Bertz CT molecular complexity index is 612. The zero-order chi connectivity index (χ0) is 14.3. The minimum atomic E-state index is 0.272. The second-order valence-corrected chi connectivity index (χ2v) is 6.90. The maximum Gasteiger partial charge on any atom is 0.123 e. The van der Waals surface area contributed by atoms with Crippen LogP contribution in [0.25, 0.3) is 0 Å². The van der Waals surface area contributed by atoms with Gasteiger partial charge in [0.25, 0.3) is 0 Å². The van der Waals surface area contributed by atoms with Gasteiger partial charge in [-0.1, -0.05) is 12.1 Å². The number of hydrogen-bond acceptors (Lipinski definition) is 3. The lowest BCUT2D eigenvalue weighted by Crippen LogP contribution is -2.16. The van der Waals surface area contributed by atoms with Crippen molar-refractivity contribution in [1.82, 2.24) is 5.32 Å². The van der Waals surface area contributed by atoms with Crippen LogP contribution in [0.3, 0.4) is 0 Å². The first kappa shape index (κ1) is 13.7. The van der Waals surface area contributed by atoms with Crippen molar-refractivity contribution in [1.29, 1.82) is 0 Å². The minimum Gasteiger partial charge on any atom is -0.490 e. The van der Waals surface area contributed by atoms with E-state index in [9.17, 15) is 0 Å². The highest BCUT2D eigenvalue weighted by atomic mass is 32.1. The smallest absolute Gasteiger partial charge is 0.123 e. The summed E-state index contributed by atoms with van der Waals surface area (Å²) in [4.78, 5) is 2.78. The number of ether oxygens (including phenoxy) is 1. The van der Waals surface area contributed by atoms with E-state index in [1.165, 1.54) is 26.4 Å². The molecule has 20 heavy (non-hydrogen) atoms. The molecule has 0 saturated carbocycles. The van der Waals surface area contributed by atoms with Gasteiger partial charge in [0, 0.05) is 16.2 Å². The molecule has 1 aromatic heterocycles. The Labute approximate surface area is 124 Å². The lowest BCUT2D eigenvalue weighted by atomic mass is 10.0. The predicted molar refractivity (Wildman–Crippen MR) is 84.9 cm³/mol. The third-order valence-corrected chi connectivity index (χ3v) is 5.23. The molecule has 2 atom stereocenters. The maximum absolute atomic E-state index is 5.79. The van der Waals surface area contributed by atoms with Gasteiger partial charge in [-0.25, -0.2) is 0 Å². The van der Waals surface area contributed by atoms with Crippen LogP contribution in [0.2, 0.25) is 0 Å². The fraction of sp³-hybridized carbons (Fsp3) is 0.412. The summed E-state index contributed by atoms with van der Waals surface area (Å²) in [5.41, 5.74) is 4.04. The van der Waals surface area contributed by atoms with Crippen LogP contribution in [0, 0.1) is 13.8 Å². The molecule has 0 saturated heterocycles. The van der Waals surface area contributed by atoms with E-state index in [1.54, 1.807) is 0 Å². The number of hydrogen-bond donors (Lipinski definition) is 1. The molecular weight excluding hydrogens is 266 g/mol. The van der Waals surface area contributed by atoms with E-state index in [0.29, 0.717) is 6.10 Å². The van der Waals surface area contributed by atoms with Gasteiger partial charge in [0.15, 0.2) is 0 Å². The van der Waals surface area contributed by atoms with Gasteiger partial charge in [-0.3, -0.25) is 0 Å². The molecule has 0 aliphatic carbocycles. The molecule has 1 aromatic carbocycles. The summed E-state index contributed by atoms with van der Waals surface area (Å²) in [5.74, 6) is 1.05. The fourth-order valence-corrected chi connectivity index (χ4v) is 4.02. The van der Waals surface area contributed by atoms with Crippen molar-refractivity contribution in [2.45, 2.75) is 39.3 Å². The van der Waals surface area contributed by atoms with Crippen molar-refractivity contribution in [3.05, 3.63) is 50.7 Å². The van der Waals surface area contributed by atoms with Crippen LogP contribution in [0.15, 0.2) is 24.3 Å². The number of aryl methyl sites for hydroxylation is 2. The SMILES string of the molecule is CNC(c1ccc2c(c1)CC(C)O2)c1cc(C)c(C)s1. The average Bonchev–Trinajstić information content (AvgIpc) is 2.93. The predicted octanol–water partition coefficient (Wildman–Crippen LogP) is 4.00. The van der Waals surface area contributed by atoms with E-state index in [2.05, 4.69) is 50.4 Å². The number of thiophene rings is 1. The first-order chi connectivity index (χ1) is 9.58. The Morgan fingerprint density at radius 3 is 2.75 bits per heavy atom. The third-order valence-electron chi connectivity index (χ3n) is 4.01. The van der Waals surface area contributed by atoms with Crippen LogP contribution in [0.5, 0.6) is 5.75 Å². The fourth-order valence-electron chi connectivity index (χ4n) is 2.84. The molecule has 0 radical (unpaired) electrons. The minimum absolute atomic E-state index is 0.272. The Hall–Kier alpha value is -1.32. The molecule has 1 N–H and O–H groups in total. The van der Waals surface area contributed by atoms with Crippen molar-refractivity contribution < 1.29 is 4.74 Å². The molecule has 3 rings (SSSR count). The van der Waals surface area contributed by atoms with E-state index in [0.717, 1.165) is 12.2 Å². The Morgan fingerprint density at radius 1 is 1.30 bits per heavy atom. The molecule has 0 spiro atoms. The van der Waals surface area contributed by atoms with Gasteiger partial charge in [-0.05, 0) is 56.6 Å². The maximum atomic E-state index is 5.79. The topological polar surface area (TPSA) is 21.3 Å². The molecular formula is C17H21NOS. The quantitative estimate of drug-likeness (QED) is 0.921. The zero-order valence-electron chi connectivity index (χ0n) is 12.5. The zero-order valence-corrected chi connectivity index (χ0v) is 13.3. The molecule has 0 amide bonds. The normalized spacial score (nSPS) is 18.7. The van der Waals surface area contributed by atoms with Crippen LogP contribution in [-0.2, 0) is 6.42 Å². The molecule has 3 heteroatoms. The van der Waals surface area contributed by atoms with Gasteiger partial charge in [0.05, 0.1) is 6.04 Å². The highest BCUT2D eigenvalue weighted by Crippen LogP contribution is 2.35. The lowest BCUT2D eigenvalue weighted by molar-refractivity contribution is 0.254. The van der Waals surface area contributed by atoms with Crippen molar-refractivity contribution >= 4 is 11.3 Å². The standard InChI is InChI=1S/C17H21NOS/c1-10-7-16(20-12(10)3)17(18-4)13-5-6-15-14(9-13)8-11(2)19-15/h5-7,9,11,17-18H,8H2,1-4H3. The summed E-state index contributed by atoms with van der Waals surface area (Å²) in [6, 6.07) is 9.17. The van der Waals surface area contributed by atoms with Gasteiger partial charge in [-0.15, -0.1) is 11.3 Å². The van der Waals surface area contributed by atoms with E-state index in [-0.39, 0.29) is 6.04 Å². The van der Waals surface area contributed by atoms with Crippen LogP contribution in [0.4, 0.5) is 0 Å². The number of fused-ring (bicyclic) bond motifs is 1. The molecule has 0 bridgehead atoms. The van der Waals surface area contributed by atoms with Crippen molar-refractivity contribution in [3.8, 4) is 5.75 Å². The highest BCUT2D eigenvalue weighted by molar-refractivity contribution is 7.12. The lowest BCUT2D eigenvalue weighted by Gasteiger charge is -2.16. The molecule has 0 fully saturated rings. The molecule has 1 aliphatic rings. The summed E-state index contributed by atoms with van der Waals surface area (Å²) >= 11 is 1.88. The summed E-state index contributed by atoms with van der Waals surface area (Å²) < 4.78 is 5.79. The van der Waals surface area contributed by atoms with Crippen molar-refractivity contribution in [3.63, 3.8) is 0 Å². The van der Waals surface area contributed by atoms with Gasteiger partial charge in [0.1, 0.15) is 11.9 Å². The van der Waals surface area contributed by atoms with Gasteiger partial charge in [0.2, 0.25) is 0 Å². The third kappa shape index (κ3) is 2.36.